The van der Waals surface area contributed by atoms with Gasteiger partial charge in [-0.15, -0.1) is 0 Å². The molecule has 1 aromatic rings. The van der Waals surface area contributed by atoms with E-state index in [-0.39, 0.29) is 0 Å². The molecule has 0 aliphatic carbocycles. The van der Waals surface area contributed by atoms with Crippen molar-refractivity contribution in [3.8, 4) is 0 Å². The Morgan fingerprint density at radius 2 is 2.21 bits per heavy atom. The standard InChI is InChI=1S/C15H27N3O/c1-11(2)7-16-8-15-12(3)17-18(13(15)4)9-14-5-6-19-10-14/h11,14,16H,5-10H2,1-4H3. The van der Waals surface area contributed by atoms with Crippen molar-refractivity contribution in [1.29, 1.82) is 0 Å². The molecule has 2 rings (SSSR count). The number of ether oxygens (including phenoxy) is 1. The van der Waals surface area contributed by atoms with Gasteiger partial charge in [-0.2, -0.15) is 5.10 Å². The molecule has 1 atom stereocenters. The van der Waals surface area contributed by atoms with Crippen molar-refractivity contribution in [3.05, 3.63) is 17.0 Å². The lowest BCUT2D eigenvalue weighted by molar-refractivity contribution is 0.181. The van der Waals surface area contributed by atoms with Gasteiger partial charge in [-0.1, -0.05) is 13.8 Å². The van der Waals surface area contributed by atoms with E-state index in [0.717, 1.165) is 38.5 Å². The molecule has 1 saturated heterocycles. The van der Waals surface area contributed by atoms with E-state index in [9.17, 15) is 0 Å². The maximum Gasteiger partial charge on any atom is 0.0641 e. The molecule has 4 heteroatoms. The van der Waals surface area contributed by atoms with Gasteiger partial charge in [0.15, 0.2) is 0 Å². The van der Waals surface area contributed by atoms with Crippen LogP contribution >= 0.6 is 0 Å². The van der Waals surface area contributed by atoms with Crippen molar-refractivity contribution in [3.63, 3.8) is 0 Å². The lowest BCUT2D eigenvalue weighted by Gasteiger charge is -2.11. The van der Waals surface area contributed by atoms with E-state index in [0.29, 0.717) is 11.8 Å². The smallest absolute Gasteiger partial charge is 0.0641 e. The van der Waals surface area contributed by atoms with Crippen molar-refractivity contribution in [2.24, 2.45) is 11.8 Å². The molecule has 0 radical (unpaired) electrons. The maximum atomic E-state index is 5.44. The second-order valence-corrected chi connectivity index (χ2v) is 6.09. The van der Waals surface area contributed by atoms with Gasteiger partial charge in [-0.25, -0.2) is 0 Å². The number of aromatic nitrogens is 2. The zero-order valence-corrected chi connectivity index (χ0v) is 12.7. The quantitative estimate of drug-likeness (QED) is 0.857. The average molecular weight is 265 g/mol. The fourth-order valence-corrected chi connectivity index (χ4v) is 2.63. The van der Waals surface area contributed by atoms with E-state index in [1.165, 1.54) is 17.7 Å². The van der Waals surface area contributed by atoms with Crippen LogP contribution in [0.4, 0.5) is 0 Å². The average Bonchev–Trinajstić information content (AvgIpc) is 2.93. The third kappa shape index (κ3) is 3.80. The number of hydrogen-bond acceptors (Lipinski definition) is 3. The van der Waals surface area contributed by atoms with Gasteiger partial charge in [-0.3, -0.25) is 4.68 Å². The molecule has 0 bridgehead atoms. The summed E-state index contributed by atoms with van der Waals surface area (Å²) in [5.41, 5.74) is 3.83. The first kappa shape index (κ1) is 14.5. The van der Waals surface area contributed by atoms with Gasteiger partial charge < -0.3 is 10.1 Å². The summed E-state index contributed by atoms with van der Waals surface area (Å²) in [6.45, 7) is 13.5. The lowest BCUT2D eigenvalue weighted by atomic mass is 10.1. The molecule has 0 spiro atoms. The molecule has 4 nitrogen and oxygen atoms in total. The van der Waals surface area contributed by atoms with E-state index < -0.39 is 0 Å². The zero-order valence-electron chi connectivity index (χ0n) is 12.7. The summed E-state index contributed by atoms with van der Waals surface area (Å²) in [7, 11) is 0. The monoisotopic (exact) mass is 265 g/mol. The van der Waals surface area contributed by atoms with Crippen molar-refractivity contribution in [2.75, 3.05) is 19.8 Å². The van der Waals surface area contributed by atoms with E-state index >= 15 is 0 Å². The first-order chi connectivity index (χ1) is 9.08. The lowest BCUT2D eigenvalue weighted by Crippen LogP contribution is -2.20. The second kappa shape index (κ2) is 6.53. The van der Waals surface area contributed by atoms with E-state index in [4.69, 9.17) is 9.84 Å². The van der Waals surface area contributed by atoms with Crippen LogP contribution in [0.3, 0.4) is 0 Å². The first-order valence-electron chi connectivity index (χ1n) is 7.39. The molecule has 1 unspecified atom stereocenters. The molecule has 1 fully saturated rings. The molecule has 0 aromatic carbocycles. The Bertz CT molecular complexity index is 406. The van der Waals surface area contributed by atoms with Gasteiger partial charge in [0.25, 0.3) is 0 Å². The summed E-state index contributed by atoms with van der Waals surface area (Å²) in [6, 6.07) is 0. The van der Waals surface area contributed by atoms with E-state index in [1.807, 2.05) is 0 Å². The molecule has 2 heterocycles. The van der Waals surface area contributed by atoms with Gasteiger partial charge in [0, 0.05) is 36.9 Å². The van der Waals surface area contributed by atoms with Crippen LogP contribution < -0.4 is 5.32 Å². The van der Waals surface area contributed by atoms with Crippen LogP contribution in [0.2, 0.25) is 0 Å². The minimum atomic E-state index is 0.634. The summed E-state index contributed by atoms with van der Waals surface area (Å²) in [5, 5.41) is 8.20. The largest absolute Gasteiger partial charge is 0.381 e. The molecule has 0 amide bonds. The van der Waals surface area contributed by atoms with Gasteiger partial charge in [0.05, 0.1) is 12.3 Å². The molecule has 1 N–H and O–H groups in total. The minimum absolute atomic E-state index is 0.634. The highest BCUT2D eigenvalue weighted by molar-refractivity contribution is 5.24. The highest BCUT2D eigenvalue weighted by Crippen LogP contribution is 2.18. The molecule has 1 aliphatic rings. The highest BCUT2D eigenvalue weighted by Gasteiger charge is 2.19. The fraction of sp³-hybridized carbons (Fsp3) is 0.800. The Morgan fingerprint density at radius 1 is 1.42 bits per heavy atom. The van der Waals surface area contributed by atoms with Crippen LogP contribution in [0.25, 0.3) is 0 Å². The molecular weight excluding hydrogens is 238 g/mol. The van der Waals surface area contributed by atoms with Crippen LogP contribution in [0.15, 0.2) is 0 Å². The number of nitrogens with one attached hydrogen (secondary N) is 1. The Hall–Kier alpha value is -0.870. The third-order valence-corrected chi connectivity index (χ3v) is 3.84. The zero-order chi connectivity index (χ0) is 13.8. The van der Waals surface area contributed by atoms with Crippen molar-refractivity contribution >= 4 is 0 Å². The third-order valence-electron chi connectivity index (χ3n) is 3.84. The van der Waals surface area contributed by atoms with Crippen molar-refractivity contribution < 1.29 is 4.74 Å². The summed E-state index contributed by atoms with van der Waals surface area (Å²) >= 11 is 0. The molecule has 19 heavy (non-hydrogen) atoms. The molecular formula is C15H27N3O. The summed E-state index contributed by atoms with van der Waals surface area (Å²) in [5.74, 6) is 1.32. The SMILES string of the molecule is Cc1nn(CC2CCOC2)c(C)c1CNCC(C)C. The molecule has 1 aliphatic heterocycles. The Kier molecular flexibility index (Phi) is 4.99. The number of aryl methyl sites for hydroxylation is 1. The molecule has 1 aromatic heterocycles. The minimum Gasteiger partial charge on any atom is -0.381 e. The Balaban J connectivity index is 1.97. The van der Waals surface area contributed by atoms with Crippen LogP contribution in [0.1, 0.15) is 37.2 Å². The van der Waals surface area contributed by atoms with Crippen LogP contribution in [0, 0.1) is 25.7 Å². The first-order valence-corrected chi connectivity index (χ1v) is 7.39. The predicted molar refractivity (Wildman–Crippen MR) is 77.2 cm³/mol. The van der Waals surface area contributed by atoms with E-state index in [1.54, 1.807) is 0 Å². The number of nitrogens with zero attached hydrogens (tertiary/aromatic N) is 2. The number of hydrogen-bond donors (Lipinski definition) is 1. The summed E-state index contributed by atoms with van der Waals surface area (Å²) in [4.78, 5) is 0. The normalized spacial score (nSPS) is 19.5. The Morgan fingerprint density at radius 3 is 2.84 bits per heavy atom. The fourth-order valence-electron chi connectivity index (χ4n) is 2.63. The van der Waals surface area contributed by atoms with Crippen LogP contribution in [-0.4, -0.2) is 29.5 Å². The molecule has 108 valence electrons. The van der Waals surface area contributed by atoms with Gasteiger partial charge in [0.2, 0.25) is 0 Å². The van der Waals surface area contributed by atoms with Gasteiger partial charge >= 0.3 is 0 Å². The Labute approximate surface area is 116 Å². The molecule has 0 saturated carbocycles. The maximum absolute atomic E-state index is 5.44. The topological polar surface area (TPSA) is 39.1 Å². The van der Waals surface area contributed by atoms with Gasteiger partial charge in [-0.05, 0) is 32.7 Å². The summed E-state index contributed by atoms with van der Waals surface area (Å²) in [6.07, 6.45) is 1.17. The predicted octanol–water partition coefficient (Wildman–Crippen LogP) is 2.28. The van der Waals surface area contributed by atoms with Crippen molar-refractivity contribution in [2.45, 2.75) is 47.2 Å². The van der Waals surface area contributed by atoms with Crippen LogP contribution in [-0.2, 0) is 17.8 Å². The second-order valence-electron chi connectivity index (χ2n) is 6.09. The van der Waals surface area contributed by atoms with Crippen LogP contribution in [0.5, 0.6) is 0 Å². The highest BCUT2D eigenvalue weighted by atomic mass is 16.5. The number of rotatable bonds is 6. The van der Waals surface area contributed by atoms with E-state index in [2.05, 4.69) is 37.7 Å². The van der Waals surface area contributed by atoms with Gasteiger partial charge in [0.1, 0.15) is 0 Å². The van der Waals surface area contributed by atoms with Crippen molar-refractivity contribution in [1.82, 2.24) is 15.1 Å². The summed E-state index contributed by atoms with van der Waals surface area (Å²) < 4.78 is 7.61.